The summed E-state index contributed by atoms with van der Waals surface area (Å²) in [7, 11) is -3.03. The van der Waals surface area contributed by atoms with E-state index < -0.39 is 9.84 Å². The second-order valence-corrected chi connectivity index (χ2v) is 8.50. The van der Waals surface area contributed by atoms with Gasteiger partial charge in [0, 0.05) is 0 Å². The number of aryl methyl sites for hydroxylation is 1. The first-order chi connectivity index (χ1) is 11.9. The summed E-state index contributed by atoms with van der Waals surface area (Å²) in [6, 6.07) is 6.92. The van der Waals surface area contributed by atoms with Crippen LogP contribution in [0.3, 0.4) is 0 Å². The lowest BCUT2D eigenvalue weighted by molar-refractivity contribution is 0.466. The van der Waals surface area contributed by atoms with E-state index >= 15 is 0 Å². The lowest BCUT2D eigenvalue weighted by Crippen LogP contribution is -2.24. The van der Waals surface area contributed by atoms with Gasteiger partial charge in [0.15, 0.2) is 9.84 Å². The molecule has 4 rings (SSSR count). The molecule has 1 aromatic carbocycles. The monoisotopic (exact) mass is 359 g/mol. The summed E-state index contributed by atoms with van der Waals surface area (Å²) in [6.07, 6.45) is 2.01. The van der Waals surface area contributed by atoms with Crippen molar-refractivity contribution in [1.29, 1.82) is 0 Å². The van der Waals surface area contributed by atoms with E-state index in [1.165, 1.54) is 10.9 Å². The molecule has 0 radical (unpaired) electrons. The van der Waals surface area contributed by atoms with Gasteiger partial charge >= 0.3 is 0 Å². The fourth-order valence-corrected chi connectivity index (χ4v) is 4.91. The SMILES string of the molecule is Cc1nc(Cn2cnc3ccccc3c2=O)n([C@H]2CCS(=O)(=O)C2)n1. The van der Waals surface area contributed by atoms with E-state index in [0.717, 1.165) is 0 Å². The lowest BCUT2D eigenvalue weighted by atomic mass is 10.2. The maximum absolute atomic E-state index is 12.6. The standard InChI is InChI=1S/C16H17N5O3S/c1-11-18-15(21(19-11)12-6-7-25(23,24)9-12)8-20-10-17-14-5-3-2-4-13(14)16(20)22/h2-5,10,12H,6-9H2,1H3/t12-/m0/s1. The van der Waals surface area contributed by atoms with Gasteiger partial charge in [0.25, 0.3) is 5.56 Å². The maximum Gasteiger partial charge on any atom is 0.261 e. The van der Waals surface area contributed by atoms with E-state index in [1.54, 1.807) is 29.8 Å². The van der Waals surface area contributed by atoms with Crippen LogP contribution >= 0.6 is 0 Å². The molecule has 25 heavy (non-hydrogen) atoms. The number of sulfone groups is 1. The van der Waals surface area contributed by atoms with Crippen LogP contribution in [0.2, 0.25) is 0 Å². The summed E-state index contributed by atoms with van der Waals surface area (Å²) in [5.41, 5.74) is 0.486. The molecule has 0 amide bonds. The molecule has 9 heteroatoms. The van der Waals surface area contributed by atoms with Crippen molar-refractivity contribution in [1.82, 2.24) is 24.3 Å². The van der Waals surface area contributed by atoms with Gasteiger partial charge in [-0.05, 0) is 25.5 Å². The number of benzene rings is 1. The molecule has 2 aromatic heterocycles. The minimum atomic E-state index is -3.03. The summed E-state index contributed by atoms with van der Waals surface area (Å²) in [5.74, 6) is 1.35. The van der Waals surface area contributed by atoms with Gasteiger partial charge in [-0.25, -0.2) is 23.1 Å². The zero-order valence-electron chi connectivity index (χ0n) is 13.7. The second kappa shape index (κ2) is 5.76. The molecule has 0 aliphatic carbocycles. The van der Waals surface area contributed by atoms with Crippen LogP contribution in [0.4, 0.5) is 0 Å². The Morgan fingerprint density at radius 1 is 1.28 bits per heavy atom. The molecule has 1 atom stereocenters. The first kappa shape index (κ1) is 15.9. The highest BCUT2D eigenvalue weighted by Crippen LogP contribution is 2.24. The predicted octanol–water partition coefficient (Wildman–Crippen LogP) is 0.704. The Kier molecular flexibility index (Phi) is 3.68. The normalized spacial score (nSPS) is 19.5. The van der Waals surface area contributed by atoms with Crippen LogP contribution in [0.5, 0.6) is 0 Å². The first-order valence-corrected chi connectivity index (χ1v) is 9.82. The van der Waals surface area contributed by atoms with Gasteiger partial charge in [-0.2, -0.15) is 5.10 Å². The highest BCUT2D eigenvalue weighted by Gasteiger charge is 2.31. The third-order valence-corrected chi connectivity index (χ3v) is 6.16. The van der Waals surface area contributed by atoms with E-state index in [4.69, 9.17) is 0 Å². The number of nitrogens with zero attached hydrogens (tertiary/aromatic N) is 5. The molecular formula is C16H17N5O3S. The van der Waals surface area contributed by atoms with Crippen LogP contribution in [0.15, 0.2) is 35.4 Å². The smallest absolute Gasteiger partial charge is 0.261 e. The third kappa shape index (κ3) is 2.95. The minimum absolute atomic E-state index is 0.0632. The average molecular weight is 359 g/mol. The number of aromatic nitrogens is 5. The van der Waals surface area contributed by atoms with Gasteiger partial charge in [0.05, 0.1) is 41.3 Å². The number of para-hydroxylation sites is 1. The van der Waals surface area contributed by atoms with Crippen LogP contribution in [0.1, 0.15) is 24.1 Å². The summed E-state index contributed by atoms with van der Waals surface area (Å²) >= 11 is 0. The molecule has 0 saturated carbocycles. The summed E-state index contributed by atoms with van der Waals surface area (Å²) in [4.78, 5) is 21.3. The molecule has 0 unspecified atom stereocenters. The molecule has 3 heterocycles. The second-order valence-electron chi connectivity index (χ2n) is 6.27. The molecule has 1 aliphatic heterocycles. The molecule has 0 spiro atoms. The lowest BCUT2D eigenvalue weighted by Gasteiger charge is -2.12. The minimum Gasteiger partial charge on any atom is -0.291 e. The van der Waals surface area contributed by atoms with Gasteiger partial charge in [0.1, 0.15) is 11.6 Å². The molecule has 0 bridgehead atoms. The fraction of sp³-hybridized carbons (Fsp3) is 0.375. The molecule has 130 valence electrons. The van der Waals surface area contributed by atoms with Gasteiger partial charge in [-0.3, -0.25) is 9.36 Å². The zero-order chi connectivity index (χ0) is 17.6. The molecule has 1 fully saturated rings. The predicted molar refractivity (Wildman–Crippen MR) is 92.2 cm³/mol. The van der Waals surface area contributed by atoms with E-state index in [1.807, 2.05) is 6.07 Å². The molecule has 8 nitrogen and oxygen atoms in total. The van der Waals surface area contributed by atoms with Gasteiger partial charge < -0.3 is 0 Å². The van der Waals surface area contributed by atoms with E-state index in [-0.39, 0.29) is 29.7 Å². The highest BCUT2D eigenvalue weighted by atomic mass is 32.2. The quantitative estimate of drug-likeness (QED) is 0.683. The number of hydrogen-bond acceptors (Lipinski definition) is 6. The topological polar surface area (TPSA) is 99.7 Å². The van der Waals surface area contributed by atoms with E-state index in [9.17, 15) is 13.2 Å². The Balaban J connectivity index is 1.73. The van der Waals surface area contributed by atoms with Crippen molar-refractivity contribution in [2.45, 2.75) is 25.9 Å². The molecular weight excluding hydrogens is 342 g/mol. The number of fused-ring (bicyclic) bond motifs is 1. The summed E-state index contributed by atoms with van der Waals surface area (Å²) < 4.78 is 26.7. The van der Waals surface area contributed by atoms with Crippen molar-refractivity contribution >= 4 is 20.7 Å². The van der Waals surface area contributed by atoms with Crippen LogP contribution in [-0.2, 0) is 16.4 Å². The van der Waals surface area contributed by atoms with Crippen molar-refractivity contribution in [3.63, 3.8) is 0 Å². The number of rotatable bonds is 3. The third-order valence-electron chi connectivity index (χ3n) is 4.41. The van der Waals surface area contributed by atoms with Crippen LogP contribution in [0.25, 0.3) is 10.9 Å². The Labute approximate surface area is 144 Å². The molecule has 0 N–H and O–H groups in total. The van der Waals surface area contributed by atoms with Crippen molar-refractivity contribution in [2.75, 3.05) is 11.5 Å². The zero-order valence-corrected chi connectivity index (χ0v) is 14.5. The van der Waals surface area contributed by atoms with Gasteiger partial charge in [-0.15, -0.1) is 0 Å². The Bertz CT molecular complexity index is 1120. The Hall–Kier alpha value is -2.55. The van der Waals surface area contributed by atoms with Gasteiger partial charge in [0.2, 0.25) is 0 Å². The maximum atomic E-state index is 12.6. The number of hydrogen-bond donors (Lipinski definition) is 0. The van der Waals surface area contributed by atoms with Crippen molar-refractivity contribution in [3.8, 4) is 0 Å². The van der Waals surface area contributed by atoms with Crippen LogP contribution in [-0.4, -0.2) is 44.2 Å². The summed E-state index contributed by atoms with van der Waals surface area (Å²) in [6.45, 7) is 1.96. The summed E-state index contributed by atoms with van der Waals surface area (Å²) in [5, 5.41) is 4.89. The first-order valence-electron chi connectivity index (χ1n) is 7.99. The fourth-order valence-electron chi connectivity index (χ4n) is 3.21. The Morgan fingerprint density at radius 2 is 2.08 bits per heavy atom. The largest absolute Gasteiger partial charge is 0.291 e. The molecule has 1 aliphatic rings. The molecule has 1 saturated heterocycles. The van der Waals surface area contributed by atoms with E-state index in [0.29, 0.717) is 29.0 Å². The van der Waals surface area contributed by atoms with Gasteiger partial charge in [-0.1, -0.05) is 12.1 Å². The van der Waals surface area contributed by atoms with Crippen LogP contribution in [0, 0.1) is 6.92 Å². The van der Waals surface area contributed by atoms with Crippen LogP contribution < -0.4 is 5.56 Å². The van der Waals surface area contributed by atoms with Crippen molar-refractivity contribution in [3.05, 3.63) is 52.6 Å². The van der Waals surface area contributed by atoms with Crippen molar-refractivity contribution < 1.29 is 8.42 Å². The highest BCUT2D eigenvalue weighted by molar-refractivity contribution is 7.91. The van der Waals surface area contributed by atoms with E-state index in [2.05, 4.69) is 15.1 Å². The average Bonchev–Trinajstić information content (AvgIpc) is 3.12. The Morgan fingerprint density at radius 3 is 2.84 bits per heavy atom. The molecule has 3 aromatic rings. The van der Waals surface area contributed by atoms with Crippen molar-refractivity contribution in [2.24, 2.45) is 0 Å².